The number of rotatable bonds is 1. The van der Waals surface area contributed by atoms with Gasteiger partial charge in [-0.05, 0) is 37.3 Å². The lowest BCUT2D eigenvalue weighted by molar-refractivity contribution is 0.823. The zero-order valence-corrected chi connectivity index (χ0v) is 8.33. The summed E-state index contributed by atoms with van der Waals surface area (Å²) < 4.78 is 0. The highest BCUT2D eigenvalue weighted by molar-refractivity contribution is 7.98. The van der Waals surface area contributed by atoms with Gasteiger partial charge in [-0.15, -0.1) is 11.8 Å². The summed E-state index contributed by atoms with van der Waals surface area (Å²) in [5, 5.41) is 1.10. The van der Waals surface area contributed by atoms with Crippen molar-refractivity contribution in [3.63, 3.8) is 0 Å². The molecule has 0 saturated heterocycles. The molecular weight excluding hydrogens is 174 g/mol. The predicted octanol–water partition coefficient (Wildman–Crippen LogP) is 0.771. The summed E-state index contributed by atoms with van der Waals surface area (Å²) >= 11 is 1.68. The van der Waals surface area contributed by atoms with Crippen LogP contribution in [-0.4, -0.2) is 22.2 Å². The Morgan fingerprint density at radius 3 is 2.17 bits per heavy atom. The lowest BCUT2D eigenvalue weighted by atomic mass is 10.2. The van der Waals surface area contributed by atoms with E-state index in [0.717, 1.165) is 5.03 Å². The summed E-state index contributed by atoms with van der Waals surface area (Å²) in [5.41, 5.74) is 2.58. The second-order valence-corrected chi connectivity index (χ2v) is 3.14. The molecule has 0 atom stereocenters. The number of pyridine rings is 1. The van der Waals surface area contributed by atoms with Crippen molar-refractivity contribution in [2.45, 2.75) is 18.9 Å². The monoisotopic (exact) mass is 189 g/mol. The highest BCUT2D eigenvalue weighted by Gasteiger charge is 1.94. The molecule has 1 aromatic rings. The Hall–Kier alpha value is -0.580. The number of aryl methyl sites for hydroxylation is 2. The molecule has 1 heterocycles. The Kier molecular flexibility index (Phi) is 6.98. The van der Waals surface area contributed by atoms with E-state index in [1.54, 1.807) is 11.8 Å². The number of nitrogens with zero attached hydrogens (tertiary/aromatic N) is 1. The summed E-state index contributed by atoms with van der Waals surface area (Å²) in [6, 6.07) is 2.11. The zero-order chi connectivity index (χ0) is 7.56. The van der Waals surface area contributed by atoms with E-state index in [-0.39, 0.29) is 11.0 Å². The zero-order valence-electron chi connectivity index (χ0n) is 7.51. The van der Waals surface area contributed by atoms with E-state index in [9.17, 15) is 0 Å². The molecule has 0 unspecified atom stereocenters. The molecule has 0 aromatic carbocycles. The van der Waals surface area contributed by atoms with Gasteiger partial charge in [-0.3, -0.25) is 0 Å². The fourth-order valence-electron chi connectivity index (χ4n) is 0.710. The van der Waals surface area contributed by atoms with Crippen molar-refractivity contribution in [3.8, 4) is 0 Å². The van der Waals surface area contributed by atoms with Crippen molar-refractivity contribution in [1.29, 1.82) is 0 Å². The van der Waals surface area contributed by atoms with Crippen molar-refractivity contribution in [3.05, 3.63) is 23.4 Å². The predicted molar refractivity (Wildman–Crippen MR) is 52.7 cm³/mol. The number of aromatic nitrogens is 1. The van der Waals surface area contributed by atoms with E-state index >= 15 is 0 Å². The van der Waals surface area contributed by atoms with Crippen molar-refractivity contribution < 1.29 is 11.0 Å². The summed E-state index contributed by atoms with van der Waals surface area (Å²) in [5.74, 6) is 0. The maximum absolute atomic E-state index is 4.22. The summed E-state index contributed by atoms with van der Waals surface area (Å²) in [7, 11) is 0. The summed E-state index contributed by atoms with van der Waals surface area (Å²) in [4.78, 5) is 4.22. The number of hydrogen-bond acceptors (Lipinski definition) is 2. The summed E-state index contributed by atoms with van der Waals surface area (Å²) in [6.07, 6.45) is 3.96. The van der Waals surface area contributed by atoms with Gasteiger partial charge in [0.15, 0.2) is 0 Å². The van der Waals surface area contributed by atoms with Crippen LogP contribution in [0.2, 0.25) is 0 Å². The Balaban J connectivity index is 0. The molecule has 4 heteroatoms. The van der Waals surface area contributed by atoms with Gasteiger partial charge >= 0.3 is 0 Å². The van der Waals surface area contributed by atoms with Gasteiger partial charge < -0.3 is 11.0 Å². The highest BCUT2D eigenvalue weighted by Crippen LogP contribution is 2.14. The molecule has 70 valence electrons. The van der Waals surface area contributed by atoms with E-state index < -0.39 is 0 Å². The molecule has 0 bridgehead atoms. The Labute approximate surface area is 76.8 Å². The molecule has 0 aliphatic rings. The fourth-order valence-corrected chi connectivity index (χ4v) is 1.16. The van der Waals surface area contributed by atoms with E-state index in [1.165, 1.54) is 11.1 Å². The van der Waals surface area contributed by atoms with E-state index in [0.29, 0.717) is 0 Å². The summed E-state index contributed by atoms with van der Waals surface area (Å²) in [6.45, 7) is 4.18. The van der Waals surface area contributed by atoms with Crippen LogP contribution in [0.15, 0.2) is 17.3 Å². The van der Waals surface area contributed by atoms with Crippen LogP contribution in [0.5, 0.6) is 0 Å². The number of thioether (sulfide) groups is 1. The van der Waals surface area contributed by atoms with E-state index in [2.05, 4.69) is 24.9 Å². The molecule has 4 N–H and O–H groups in total. The molecule has 3 nitrogen and oxygen atoms in total. The van der Waals surface area contributed by atoms with Gasteiger partial charge in [0.25, 0.3) is 0 Å². The number of hydrogen-bond donors (Lipinski definition) is 0. The Morgan fingerprint density at radius 2 is 1.75 bits per heavy atom. The molecule has 0 aliphatic carbocycles. The third-order valence-corrected chi connectivity index (χ3v) is 2.20. The lowest BCUT2D eigenvalue weighted by Crippen LogP contribution is -1.84. The van der Waals surface area contributed by atoms with Gasteiger partial charge in [0.2, 0.25) is 0 Å². The van der Waals surface area contributed by atoms with Crippen LogP contribution in [-0.2, 0) is 0 Å². The molecule has 0 aliphatic heterocycles. The minimum absolute atomic E-state index is 0. The Morgan fingerprint density at radius 1 is 1.17 bits per heavy atom. The SMILES string of the molecule is CSc1cc(C)c(C)cn1.O.O. The largest absolute Gasteiger partial charge is 0.412 e. The third-order valence-electron chi connectivity index (χ3n) is 1.56. The van der Waals surface area contributed by atoms with Gasteiger partial charge in [-0.2, -0.15) is 0 Å². The lowest BCUT2D eigenvalue weighted by Gasteiger charge is -1.99. The Bertz CT molecular complexity index is 240. The van der Waals surface area contributed by atoms with Crippen LogP contribution in [0.25, 0.3) is 0 Å². The second kappa shape index (κ2) is 5.99. The van der Waals surface area contributed by atoms with Crippen molar-refractivity contribution in [2.75, 3.05) is 6.26 Å². The molecule has 0 saturated carbocycles. The van der Waals surface area contributed by atoms with Gasteiger partial charge in [0.1, 0.15) is 0 Å². The first-order chi connectivity index (χ1) is 4.74. The van der Waals surface area contributed by atoms with Crippen LogP contribution in [0.1, 0.15) is 11.1 Å². The standard InChI is InChI=1S/C8H11NS.2H2O/c1-6-4-8(10-3)9-5-7(6)2;;/h4-5H,1-3H3;2*1H2. The average molecular weight is 189 g/mol. The van der Waals surface area contributed by atoms with Gasteiger partial charge in [0.05, 0.1) is 5.03 Å². The van der Waals surface area contributed by atoms with Crippen LogP contribution in [0, 0.1) is 13.8 Å². The highest BCUT2D eigenvalue weighted by atomic mass is 32.2. The quantitative estimate of drug-likeness (QED) is 0.612. The normalized spacial score (nSPS) is 8.25. The van der Waals surface area contributed by atoms with Gasteiger partial charge in [0, 0.05) is 6.20 Å². The van der Waals surface area contributed by atoms with Gasteiger partial charge in [-0.1, -0.05) is 0 Å². The van der Waals surface area contributed by atoms with Gasteiger partial charge in [-0.25, -0.2) is 4.98 Å². The molecule has 0 amide bonds. The molecule has 0 radical (unpaired) electrons. The minimum atomic E-state index is 0. The first kappa shape index (κ1) is 14.0. The first-order valence-corrected chi connectivity index (χ1v) is 4.43. The molecule has 1 aromatic heterocycles. The van der Waals surface area contributed by atoms with Crippen LogP contribution < -0.4 is 0 Å². The fraction of sp³-hybridized carbons (Fsp3) is 0.375. The van der Waals surface area contributed by atoms with Crippen LogP contribution in [0.4, 0.5) is 0 Å². The molecule has 12 heavy (non-hydrogen) atoms. The molecule has 0 fully saturated rings. The maximum atomic E-state index is 4.22. The second-order valence-electron chi connectivity index (χ2n) is 2.31. The first-order valence-electron chi connectivity index (χ1n) is 3.21. The topological polar surface area (TPSA) is 75.9 Å². The van der Waals surface area contributed by atoms with E-state index in [1.807, 2.05) is 12.5 Å². The van der Waals surface area contributed by atoms with Crippen LogP contribution in [0.3, 0.4) is 0 Å². The average Bonchev–Trinajstić information content (AvgIpc) is 1.95. The molecule has 0 spiro atoms. The van der Waals surface area contributed by atoms with Crippen LogP contribution >= 0.6 is 11.8 Å². The molecule has 1 rings (SSSR count). The minimum Gasteiger partial charge on any atom is -0.412 e. The maximum Gasteiger partial charge on any atom is 0.0959 e. The smallest absolute Gasteiger partial charge is 0.0959 e. The molecular formula is C8H15NO2S. The van der Waals surface area contributed by atoms with Crippen molar-refractivity contribution >= 4 is 11.8 Å². The van der Waals surface area contributed by atoms with Crippen molar-refractivity contribution in [1.82, 2.24) is 4.98 Å². The third kappa shape index (κ3) is 3.21. The van der Waals surface area contributed by atoms with E-state index in [4.69, 9.17) is 0 Å². The van der Waals surface area contributed by atoms with Crippen molar-refractivity contribution in [2.24, 2.45) is 0 Å².